The van der Waals surface area contributed by atoms with E-state index in [4.69, 9.17) is 9.47 Å². The minimum absolute atomic E-state index is 0.0402. The molecule has 1 N–H and O–H groups in total. The van der Waals surface area contributed by atoms with Gasteiger partial charge in [0.05, 0.1) is 61.4 Å². The first-order valence-electron chi connectivity index (χ1n) is 19.0. The van der Waals surface area contributed by atoms with E-state index >= 15 is 4.79 Å². The van der Waals surface area contributed by atoms with Gasteiger partial charge in [0.25, 0.3) is 17.2 Å². The summed E-state index contributed by atoms with van der Waals surface area (Å²) in [6, 6.07) is 27.2. The number of amides is 1. The first-order chi connectivity index (χ1) is 27.5. The Hall–Kier alpha value is -6.03. The number of hydrogen-bond donors (Lipinski definition) is 1. The maximum Gasteiger partial charge on any atom is 0.279 e. The van der Waals surface area contributed by atoms with Gasteiger partial charge in [-0.3, -0.25) is 24.4 Å². The van der Waals surface area contributed by atoms with Gasteiger partial charge in [-0.25, -0.2) is 0 Å². The van der Waals surface area contributed by atoms with E-state index in [0.717, 1.165) is 21.9 Å². The molecule has 2 aromatic heterocycles. The molecule has 292 valence electrons. The molecule has 2 aliphatic heterocycles. The van der Waals surface area contributed by atoms with Crippen LogP contribution in [0.25, 0.3) is 16.5 Å². The molecule has 1 fully saturated rings. The normalized spacial score (nSPS) is 20.4. The standard InChI is InChI=1S/C42H43N7O7Si/c1-27-39(57(3,4)34-15-13-33(55-2)14-16-34)38(18-20-46-26-30(19-21-50)44-45-46)56-42(27)36-23-32(49(53)54)12-17-37(36)47(41(42)52)25-28-8-7-10-31(22-28)48-40(51)35-11-6-5-9-29(35)24-43-48/h5-17,22-24,26-27,38-39,50H,18-21,25H2,1-4H3/t27-,38+,39-,42+/m1/s1. The van der Waals surface area contributed by atoms with Crippen molar-refractivity contribution in [3.05, 3.63) is 141 Å². The maximum absolute atomic E-state index is 15.3. The molecule has 4 atom stereocenters. The van der Waals surface area contributed by atoms with Crippen LogP contribution in [0.4, 0.5) is 11.4 Å². The topological polar surface area (TPSA) is 168 Å². The summed E-state index contributed by atoms with van der Waals surface area (Å²) in [5.74, 6) is 0.0530. The summed E-state index contributed by atoms with van der Waals surface area (Å²) in [6.45, 7) is 7.13. The van der Waals surface area contributed by atoms with E-state index in [1.807, 2.05) is 61.7 Å². The number of aryl methyl sites for hydroxylation is 1. The third-order valence-electron chi connectivity index (χ3n) is 11.8. The first kappa shape index (κ1) is 37.9. The zero-order chi connectivity index (χ0) is 40.1. The summed E-state index contributed by atoms with van der Waals surface area (Å²) in [5.41, 5.74) is 0.933. The molecule has 0 radical (unpaired) electrons. The SMILES string of the molecule is COc1ccc([Si](C)(C)[C@H]2[C@H](CCn3cc(CCO)nn3)O[C@@]3(C(=O)N(Cc4cccc(-n5ncc6ccccc6c5=O)c4)c4ccc([N+](=O)[O-])cc43)[C@@H]2C)cc1. The smallest absolute Gasteiger partial charge is 0.279 e. The summed E-state index contributed by atoms with van der Waals surface area (Å²) in [4.78, 5) is 42.3. The number of rotatable bonds is 12. The summed E-state index contributed by atoms with van der Waals surface area (Å²) in [7, 11) is -0.873. The summed E-state index contributed by atoms with van der Waals surface area (Å²) < 4.78 is 15.7. The van der Waals surface area contributed by atoms with Crippen molar-refractivity contribution < 1.29 is 24.3 Å². The fourth-order valence-corrected chi connectivity index (χ4v) is 13.1. The minimum atomic E-state index is -2.50. The van der Waals surface area contributed by atoms with E-state index in [0.29, 0.717) is 47.4 Å². The van der Waals surface area contributed by atoms with Crippen molar-refractivity contribution >= 4 is 41.3 Å². The highest BCUT2D eigenvalue weighted by Gasteiger charge is 2.66. The van der Waals surface area contributed by atoms with Gasteiger partial charge in [0.15, 0.2) is 5.60 Å². The Labute approximate surface area is 329 Å². The maximum atomic E-state index is 15.3. The van der Waals surface area contributed by atoms with Crippen molar-refractivity contribution in [3.63, 3.8) is 0 Å². The van der Waals surface area contributed by atoms with Crippen LogP contribution in [0.2, 0.25) is 18.6 Å². The second-order valence-corrected chi connectivity index (χ2v) is 20.0. The van der Waals surface area contributed by atoms with Crippen molar-refractivity contribution in [2.24, 2.45) is 5.92 Å². The molecule has 4 heterocycles. The number of nitro groups is 1. The van der Waals surface area contributed by atoms with Gasteiger partial charge in [-0.1, -0.05) is 72.9 Å². The van der Waals surface area contributed by atoms with Crippen molar-refractivity contribution in [1.82, 2.24) is 24.8 Å². The lowest BCUT2D eigenvalue weighted by Crippen LogP contribution is -2.51. The van der Waals surface area contributed by atoms with E-state index in [1.54, 1.807) is 41.1 Å². The summed E-state index contributed by atoms with van der Waals surface area (Å²) in [5, 5.41) is 37.0. The molecule has 57 heavy (non-hydrogen) atoms. The third kappa shape index (κ3) is 6.50. The number of anilines is 1. The second kappa shape index (κ2) is 14.8. The molecule has 14 nitrogen and oxygen atoms in total. The van der Waals surface area contributed by atoms with Gasteiger partial charge < -0.3 is 19.5 Å². The Morgan fingerprint density at radius 2 is 1.81 bits per heavy atom. The average Bonchev–Trinajstić information content (AvgIpc) is 3.87. The number of methoxy groups -OCH3 is 1. The third-order valence-corrected chi connectivity index (χ3v) is 16.2. The number of fused-ring (bicyclic) bond motifs is 3. The number of nitrogens with zero attached hydrogens (tertiary/aromatic N) is 7. The summed E-state index contributed by atoms with van der Waals surface area (Å²) >= 11 is 0. The minimum Gasteiger partial charge on any atom is -0.497 e. The van der Waals surface area contributed by atoms with E-state index in [9.17, 15) is 20.0 Å². The van der Waals surface area contributed by atoms with Crippen LogP contribution in [0, 0.1) is 16.0 Å². The van der Waals surface area contributed by atoms with Crippen LogP contribution in [0.1, 0.15) is 30.2 Å². The van der Waals surface area contributed by atoms with Crippen LogP contribution in [0.15, 0.2) is 108 Å². The molecule has 8 rings (SSSR count). The van der Waals surface area contributed by atoms with E-state index in [2.05, 4.69) is 40.6 Å². The number of hydrogen-bond acceptors (Lipinski definition) is 10. The number of aliphatic hydroxyl groups is 1. The first-order valence-corrected chi connectivity index (χ1v) is 22.0. The van der Waals surface area contributed by atoms with Gasteiger partial charge in [-0.2, -0.15) is 9.78 Å². The van der Waals surface area contributed by atoms with Crippen LogP contribution >= 0.6 is 0 Å². The lowest BCUT2D eigenvalue weighted by molar-refractivity contribution is -0.385. The average molecular weight is 786 g/mol. The molecule has 4 aromatic carbocycles. The number of non-ortho nitro benzene ring substituents is 1. The van der Waals surface area contributed by atoms with E-state index in [-0.39, 0.29) is 35.8 Å². The Balaban J connectivity index is 1.20. The number of ether oxygens (including phenoxy) is 2. The van der Waals surface area contributed by atoms with Gasteiger partial charge in [-0.15, -0.1) is 5.10 Å². The molecule has 1 saturated heterocycles. The molecule has 0 saturated carbocycles. The van der Waals surface area contributed by atoms with Crippen LogP contribution < -0.4 is 20.4 Å². The number of carbonyl (C=O) groups excluding carboxylic acids is 1. The van der Waals surface area contributed by atoms with Crippen molar-refractivity contribution in [3.8, 4) is 11.4 Å². The molecular weight excluding hydrogens is 743 g/mol. The Bertz CT molecular complexity index is 2560. The number of benzene rings is 4. The van der Waals surface area contributed by atoms with Crippen LogP contribution in [0.5, 0.6) is 5.75 Å². The number of nitro benzene ring substituents is 1. The monoisotopic (exact) mass is 785 g/mol. The molecular formula is C42H43N7O7Si. The van der Waals surface area contributed by atoms with Gasteiger partial charge in [-0.05, 0) is 53.9 Å². The Morgan fingerprint density at radius 1 is 1.02 bits per heavy atom. The number of aromatic nitrogens is 5. The van der Waals surface area contributed by atoms with Crippen molar-refractivity contribution in [2.75, 3.05) is 18.6 Å². The molecule has 0 aliphatic carbocycles. The molecule has 6 aromatic rings. The molecule has 1 spiro atoms. The zero-order valence-electron chi connectivity index (χ0n) is 32.1. The van der Waals surface area contributed by atoms with Gasteiger partial charge in [0.2, 0.25) is 0 Å². The lowest BCUT2D eigenvalue weighted by atomic mass is 9.82. The summed E-state index contributed by atoms with van der Waals surface area (Å²) in [6.07, 6.45) is 3.91. The van der Waals surface area contributed by atoms with Crippen LogP contribution in [0.3, 0.4) is 0 Å². The fourth-order valence-electron chi connectivity index (χ4n) is 9.02. The Morgan fingerprint density at radius 3 is 2.56 bits per heavy atom. The quantitative estimate of drug-likeness (QED) is 0.0980. The van der Waals surface area contributed by atoms with E-state index in [1.165, 1.54) is 16.8 Å². The molecule has 2 aliphatic rings. The van der Waals surface area contributed by atoms with Gasteiger partial charge in [0, 0.05) is 54.8 Å². The van der Waals surface area contributed by atoms with E-state index < -0.39 is 30.6 Å². The predicted octanol–water partition coefficient (Wildman–Crippen LogP) is 5.28. The lowest BCUT2D eigenvalue weighted by Gasteiger charge is -2.37. The van der Waals surface area contributed by atoms with Crippen LogP contribution in [-0.4, -0.2) is 68.6 Å². The van der Waals surface area contributed by atoms with Crippen molar-refractivity contribution in [1.29, 1.82) is 0 Å². The fraction of sp³-hybridized carbons (Fsp3) is 0.310. The molecule has 15 heteroatoms. The van der Waals surface area contributed by atoms with Crippen molar-refractivity contribution in [2.45, 2.75) is 63.2 Å². The molecule has 1 amide bonds. The highest BCUT2D eigenvalue weighted by Crippen LogP contribution is 2.60. The predicted molar refractivity (Wildman–Crippen MR) is 217 cm³/mol. The Kier molecular flexibility index (Phi) is 9.83. The number of aliphatic hydroxyl groups excluding tert-OH is 1. The molecule has 0 unspecified atom stereocenters. The highest BCUT2D eigenvalue weighted by atomic mass is 28.3. The van der Waals surface area contributed by atoms with Gasteiger partial charge >= 0.3 is 0 Å². The largest absolute Gasteiger partial charge is 0.497 e. The molecule has 0 bridgehead atoms. The zero-order valence-corrected chi connectivity index (χ0v) is 33.1. The second-order valence-electron chi connectivity index (χ2n) is 15.4. The number of carbonyl (C=O) groups is 1. The van der Waals surface area contributed by atoms with Gasteiger partial charge in [0.1, 0.15) is 5.75 Å². The highest BCUT2D eigenvalue weighted by molar-refractivity contribution is 6.91. The van der Waals surface area contributed by atoms with Crippen LogP contribution in [-0.2, 0) is 34.6 Å².